The maximum Gasteiger partial charge on any atom is 0.336 e. The van der Waals surface area contributed by atoms with E-state index in [-0.39, 0.29) is 28.9 Å². The van der Waals surface area contributed by atoms with Gasteiger partial charge in [0, 0.05) is 24.0 Å². The first kappa shape index (κ1) is 19.1. The summed E-state index contributed by atoms with van der Waals surface area (Å²) in [5, 5.41) is 0.495. The highest BCUT2D eigenvalue weighted by Crippen LogP contribution is 2.27. The summed E-state index contributed by atoms with van der Waals surface area (Å²) < 4.78 is 56.5. The first-order chi connectivity index (χ1) is 12.1. The first-order valence-corrected chi connectivity index (χ1v) is 11.6. The van der Waals surface area contributed by atoms with Crippen molar-refractivity contribution in [1.29, 1.82) is 0 Å². The fraction of sp³-hybridized carbons (Fsp3) is 0.471. The van der Waals surface area contributed by atoms with Gasteiger partial charge in [-0.2, -0.15) is 4.31 Å². The van der Waals surface area contributed by atoms with Crippen LogP contribution in [-0.2, 0) is 19.9 Å². The van der Waals surface area contributed by atoms with Crippen LogP contribution < -0.4 is 5.63 Å². The maximum absolute atomic E-state index is 13.2. The molecule has 1 aliphatic heterocycles. The minimum absolute atomic E-state index is 0.00462. The minimum Gasteiger partial charge on any atom is -0.423 e. The number of sulfone groups is 1. The van der Waals surface area contributed by atoms with Gasteiger partial charge in [-0.3, -0.25) is 0 Å². The van der Waals surface area contributed by atoms with E-state index >= 15 is 0 Å². The van der Waals surface area contributed by atoms with Crippen LogP contribution in [0.1, 0.15) is 20.3 Å². The van der Waals surface area contributed by atoms with Crippen molar-refractivity contribution in [3.8, 4) is 0 Å². The molecule has 0 N–H and O–H groups in total. The van der Waals surface area contributed by atoms with Crippen LogP contribution in [0.25, 0.3) is 11.0 Å². The zero-order valence-electron chi connectivity index (χ0n) is 14.6. The largest absolute Gasteiger partial charge is 0.423 e. The molecule has 3 rings (SSSR count). The van der Waals surface area contributed by atoms with Crippen molar-refractivity contribution in [2.45, 2.75) is 31.2 Å². The van der Waals surface area contributed by atoms with Crippen LogP contribution in [0.5, 0.6) is 0 Å². The van der Waals surface area contributed by atoms with E-state index in [1.54, 1.807) is 0 Å². The zero-order chi connectivity index (χ0) is 19.1. The van der Waals surface area contributed by atoms with Crippen molar-refractivity contribution in [2.24, 2.45) is 5.92 Å². The van der Waals surface area contributed by atoms with Gasteiger partial charge in [0.2, 0.25) is 10.0 Å². The SMILES string of the molecule is CC(C)CN([C@@H]1CCS(=O)(=O)C1)S(=O)(=O)c1ccc2oc(=O)ccc2c1. The van der Waals surface area contributed by atoms with E-state index in [0.717, 1.165) is 0 Å². The third-order valence-electron chi connectivity index (χ3n) is 4.36. The summed E-state index contributed by atoms with van der Waals surface area (Å²) in [4.78, 5) is 11.3. The summed E-state index contributed by atoms with van der Waals surface area (Å²) in [5.74, 6) is -0.0990. The molecule has 26 heavy (non-hydrogen) atoms. The van der Waals surface area contributed by atoms with E-state index in [1.165, 1.54) is 34.6 Å². The number of hydrogen-bond donors (Lipinski definition) is 0. The predicted octanol–water partition coefficient (Wildman–Crippen LogP) is 1.63. The zero-order valence-corrected chi connectivity index (χ0v) is 16.2. The number of sulfonamides is 1. The van der Waals surface area contributed by atoms with Gasteiger partial charge in [-0.05, 0) is 36.6 Å². The standard InChI is InChI=1S/C17H21NO6S2/c1-12(2)10-18(14-7-8-25(20,21)11-14)26(22,23)15-4-5-16-13(9-15)3-6-17(19)24-16/h3-6,9,12,14H,7-8,10-11H2,1-2H3/t14-/m1/s1. The number of nitrogens with zero attached hydrogens (tertiary/aromatic N) is 1. The molecule has 1 aromatic heterocycles. The van der Waals surface area contributed by atoms with Crippen LogP contribution in [0, 0.1) is 5.92 Å². The molecule has 0 spiro atoms. The third-order valence-corrected chi connectivity index (χ3v) is 8.02. The normalized spacial score (nSPS) is 20.2. The Morgan fingerprint density at radius 3 is 2.58 bits per heavy atom. The van der Waals surface area contributed by atoms with Crippen molar-refractivity contribution in [2.75, 3.05) is 18.1 Å². The van der Waals surface area contributed by atoms with Gasteiger partial charge in [-0.15, -0.1) is 0 Å². The van der Waals surface area contributed by atoms with Crippen LogP contribution >= 0.6 is 0 Å². The lowest BCUT2D eigenvalue weighted by molar-refractivity contribution is 0.308. The second-order valence-corrected chi connectivity index (χ2v) is 11.1. The molecular weight excluding hydrogens is 378 g/mol. The molecule has 0 saturated carbocycles. The van der Waals surface area contributed by atoms with E-state index < -0.39 is 31.5 Å². The molecule has 0 unspecified atom stereocenters. The average molecular weight is 399 g/mol. The summed E-state index contributed by atoms with van der Waals surface area (Å²) in [5.41, 5.74) is -0.207. The summed E-state index contributed by atoms with van der Waals surface area (Å²) >= 11 is 0. The Kier molecular flexibility index (Phi) is 4.98. The lowest BCUT2D eigenvalue weighted by atomic mass is 10.2. The number of rotatable bonds is 5. The van der Waals surface area contributed by atoms with Gasteiger partial charge in [0.1, 0.15) is 5.58 Å². The average Bonchev–Trinajstić information content (AvgIpc) is 2.91. The number of benzene rings is 1. The molecule has 9 heteroatoms. The highest BCUT2D eigenvalue weighted by atomic mass is 32.2. The van der Waals surface area contributed by atoms with Crippen LogP contribution in [0.15, 0.2) is 44.4 Å². The molecule has 1 aliphatic rings. The Balaban J connectivity index is 2.04. The topological polar surface area (TPSA) is 102 Å². The van der Waals surface area contributed by atoms with Crippen LogP contribution in [0.2, 0.25) is 0 Å². The minimum atomic E-state index is -3.88. The van der Waals surface area contributed by atoms with Crippen molar-refractivity contribution >= 4 is 30.8 Å². The Labute approximate surface area is 152 Å². The van der Waals surface area contributed by atoms with E-state index in [9.17, 15) is 21.6 Å². The molecule has 2 heterocycles. The fourth-order valence-electron chi connectivity index (χ4n) is 3.15. The Morgan fingerprint density at radius 1 is 1.23 bits per heavy atom. The Hall–Kier alpha value is -1.71. The van der Waals surface area contributed by atoms with Crippen molar-refractivity contribution < 1.29 is 21.3 Å². The van der Waals surface area contributed by atoms with E-state index in [1.807, 2.05) is 13.8 Å². The molecule has 7 nitrogen and oxygen atoms in total. The molecule has 142 valence electrons. The first-order valence-electron chi connectivity index (χ1n) is 8.35. The molecule has 0 aliphatic carbocycles. The smallest absolute Gasteiger partial charge is 0.336 e. The Bertz CT molecular complexity index is 1090. The van der Waals surface area contributed by atoms with Crippen LogP contribution in [-0.4, -0.2) is 45.2 Å². The van der Waals surface area contributed by atoms with Gasteiger partial charge < -0.3 is 4.42 Å². The highest BCUT2D eigenvalue weighted by molar-refractivity contribution is 7.92. The van der Waals surface area contributed by atoms with Gasteiger partial charge in [0.05, 0.1) is 16.4 Å². The summed E-state index contributed by atoms with van der Waals surface area (Å²) in [6.07, 6.45) is 0.302. The summed E-state index contributed by atoms with van der Waals surface area (Å²) in [7, 11) is -7.10. The van der Waals surface area contributed by atoms with Gasteiger partial charge in [0.15, 0.2) is 9.84 Å². The Morgan fingerprint density at radius 2 is 1.96 bits per heavy atom. The highest BCUT2D eigenvalue weighted by Gasteiger charge is 2.39. The van der Waals surface area contributed by atoms with Gasteiger partial charge in [0.25, 0.3) is 0 Å². The predicted molar refractivity (Wildman–Crippen MR) is 98.3 cm³/mol. The van der Waals surface area contributed by atoms with E-state index in [4.69, 9.17) is 4.42 Å². The van der Waals surface area contributed by atoms with E-state index in [0.29, 0.717) is 17.4 Å². The molecule has 1 atom stereocenters. The molecular formula is C17H21NO6S2. The second-order valence-electron chi connectivity index (χ2n) is 6.98. The fourth-order valence-corrected chi connectivity index (χ4v) is 6.83. The molecule has 0 bridgehead atoms. The van der Waals surface area contributed by atoms with Crippen molar-refractivity contribution in [1.82, 2.24) is 4.31 Å². The monoisotopic (exact) mass is 399 g/mol. The van der Waals surface area contributed by atoms with Crippen molar-refractivity contribution in [3.05, 3.63) is 40.8 Å². The van der Waals surface area contributed by atoms with Crippen LogP contribution in [0.4, 0.5) is 0 Å². The molecule has 1 saturated heterocycles. The van der Waals surface area contributed by atoms with Gasteiger partial charge in [-0.25, -0.2) is 21.6 Å². The van der Waals surface area contributed by atoms with Gasteiger partial charge in [-0.1, -0.05) is 13.8 Å². The summed E-state index contributed by atoms with van der Waals surface area (Å²) in [6, 6.07) is 6.46. The number of hydrogen-bond acceptors (Lipinski definition) is 6. The lowest BCUT2D eigenvalue weighted by Crippen LogP contribution is -2.43. The second kappa shape index (κ2) is 6.79. The molecule has 0 radical (unpaired) electrons. The molecule has 1 aromatic carbocycles. The van der Waals surface area contributed by atoms with E-state index in [2.05, 4.69) is 0 Å². The van der Waals surface area contributed by atoms with Gasteiger partial charge >= 0.3 is 5.63 Å². The lowest BCUT2D eigenvalue weighted by Gasteiger charge is -2.29. The molecule has 0 amide bonds. The molecule has 1 fully saturated rings. The van der Waals surface area contributed by atoms with Crippen LogP contribution in [0.3, 0.4) is 0 Å². The third kappa shape index (κ3) is 3.84. The number of fused-ring (bicyclic) bond motifs is 1. The maximum atomic E-state index is 13.2. The van der Waals surface area contributed by atoms with Crippen molar-refractivity contribution in [3.63, 3.8) is 0 Å². The molecule has 2 aromatic rings. The summed E-state index contributed by atoms with van der Waals surface area (Å²) in [6.45, 7) is 4.02. The quantitative estimate of drug-likeness (QED) is 0.708.